The van der Waals surface area contributed by atoms with Gasteiger partial charge in [0.15, 0.2) is 0 Å². The quantitative estimate of drug-likeness (QED) is 0.355. The van der Waals surface area contributed by atoms with Crippen LogP contribution in [0.15, 0.2) is 42.7 Å². The van der Waals surface area contributed by atoms with Gasteiger partial charge in [0, 0.05) is 48.0 Å². The number of rotatable bonds is 4. The van der Waals surface area contributed by atoms with Crippen molar-refractivity contribution in [2.75, 3.05) is 31.1 Å². The molecule has 5 rings (SSSR count). The third-order valence-corrected chi connectivity index (χ3v) is 8.39. The van der Waals surface area contributed by atoms with Crippen molar-refractivity contribution < 1.29 is 14.3 Å². The van der Waals surface area contributed by atoms with Gasteiger partial charge in [0.1, 0.15) is 11.6 Å². The number of hydrogen-bond acceptors (Lipinski definition) is 5. The molecule has 10 heteroatoms. The molecule has 3 aromatic rings. The lowest BCUT2D eigenvalue weighted by Gasteiger charge is -2.42. The van der Waals surface area contributed by atoms with Gasteiger partial charge in [-0.3, -0.25) is 9.69 Å². The summed E-state index contributed by atoms with van der Waals surface area (Å²) in [6, 6.07) is 11.4. The van der Waals surface area contributed by atoms with E-state index in [4.69, 9.17) is 27.9 Å². The van der Waals surface area contributed by atoms with E-state index in [0.29, 0.717) is 42.6 Å². The smallest absolute Gasteiger partial charge is 0.410 e. The Morgan fingerprint density at radius 2 is 1.82 bits per heavy atom. The lowest BCUT2D eigenvalue weighted by atomic mass is 10.1. The van der Waals surface area contributed by atoms with E-state index in [0.717, 1.165) is 28.7 Å². The molecule has 40 heavy (non-hydrogen) atoms. The van der Waals surface area contributed by atoms with Gasteiger partial charge in [-0.15, -0.1) is 0 Å². The van der Waals surface area contributed by atoms with Crippen molar-refractivity contribution in [1.82, 2.24) is 19.4 Å². The first-order valence-electron chi connectivity index (χ1n) is 13.9. The van der Waals surface area contributed by atoms with Crippen LogP contribution in [0.1, 0.15) is 59.1 Å². The van der Waals surface area contributed by atoms with Gasteiger partial charge in [-0.05, 0) is 83.4 Å². The summed E-state index contributed by atoms with van der Waals surface area (Å²) < 4.78 is 7.70. The van der Waals surface area contributed by atoms with Crippen LogP contribution < -0.4 is 4.90 Å². The maximum Gasteiger partial charge on any atom is 0.410 e. The number of likely N-dealkylation sites (tertiary alicyclic amines) is 1. The van der Waals surface area contributed by atoms with Crippen molar-refractivity contribution in [3.63, 3.8) is 0 Å². The third kappa shape index (κ3) is 5.75. The highest BCUT2D eigenvalue weighted by Crippen LogP contribution is 2.32. The normalized spacial score (nSPS) is 20.7. The van der Waals surface area contributed by atoms with Gasteiger partial charge in [0.05, 0.1) is 23.4 Å². The van der Waals surface area contributed by atoms with Gasteiger partial charge in [-0.2, -0.15) is 0 Å². The second-order valence-corrected chi connectivity index (χ2v) is 12.7. The molecule has 8 nitrogen and oxygen atoms in total. The minimum atomic E-state index is -0.596. The highest BCUT2D eigenvalue weighted by molar-refractivity contribution is 6.35. The summed E-state index contributed by atoms with van der Waals surface area (Å²) in [5.74, 6) is 0.0118. The van der Waals surface area contributed by atoms with Crippen molar-refractivity contribution in [3.8, 4) is 0 Å². The van der Waals surface area contributed by atoms with E-state index in [1.807, 2.05) is 50.2 Å². The molecule has 0 N–H and O–H groups in total. The Morgan fingerprint density at radius 3 is 2.52 bits per heavy atom. The molecule has 0 spiro atoms. The zero-order valence-electron chi connectivity index (χ0n) is 23.7. The van der Waals surface area contributed by atoms with Crippen molar-refractivity contribution in [2.24, 2.45) is 0 Å². The number of fused-ring (bicyclic) bond motifs is 1. The lowest BCUT2D eigenvalue weighted by Crippen LogP contribution is -2.58. The number of nitrogens with zero attached hydrogens (tertiary/aromatic N) is 5. The van der Waals surface area contributed by atoms with E-state index in [1.165, 1.54) is 0 Å². The van der Waals surface area contributed by atoms with Gasteiger partial charge in [0.2, 0.25) is 5.91 Å². The Hall–Kier alpha value is -2.97. The monoisotopic (exact) mass is 585 g/mol. The van der Waals surface area contributed by atoms with Crippen LogP contribution in [0.5, 0.6) is 0 Å². The topological polar surface area (TPSA) is 70.9 Å². The van der Waals surface area contributed by atoms with Crippen molar-refractivity contribution in [3.05, 3.63) is 58.3 Å². The SMILES string of the molecule is CC1CN(c2ccc3ncn([C@H](C)c4ccc(Cl)cc4Cl)c3c2)CCN1C(=O)C1CCCN1C(=O)OC(C)(C)C. The van der Waals surface area contributed by atoms with Gasteiger partial charge in [-0.25, -0.2) is 9.78 Å². The van der Waals surface area contributed by atoms with E-state index in [2.05, 4.69) is 40.4 Å². The standard InChI is InChI=1S/C30H37Cl2N5O3/c1-19-17-34(13-14-35(19)28(38)26-7-6-12-36(26)29(39)40-30(3,4)5)22-9-11-25-27(16-22)37(18-33-25)20(2)23-10-8-21(31)15-24(23)32/h8-11,15-16,18-20,26H,6-7,12-14,17H2,1-5H3/t19?,20-,26?/m1/s1. The number of hydrogen-bond donors (Lipinski definition) is 0. The number of carbonyl (C=O) groups is 2. The summed E-state index contributed by atoms with van der Waals surface area (Å²) in [7, 11) is 0. The molecule has 0 bridgehead atoms. The van der Waals surface area contributed by atoms with Crippen molar-refractivity contribution in [2.45, 2.75) is 71.2 Å². The fourth-order valence-corrected chi connectivity index (χ4v) is 6.35. The predicted octanol–water partition coefficient (Wildman–Crippen LogP) is 6.39. The number of anilines is 1. The fraction of sp³-hybridized carbons (Fsp3) is 0.500. The van der Waals surface area contributed by atoms with Crippen LogP contribution in [0.3, 0.4) is 0 Å². The Kier molecular flexibility index (Phi) is 7.94. The van der Waals surface area contributed by atoms with Gasteiger partial charge in [0.25, 0.3) is 0 Å². The summed E-state index contributed by atoms with van der Waals surface area (Å²) in [5, 5.41) is 1.23. The number of halogens is 2. The van der Waals surface area contributed by atoms with Crippen molar-refractivity contribution >= 4 is 51.9 Å². The van der Waals surface area contributed by atoms with Crippen LogP contribution in [-0.2, 0) is 9.53 Å². The van der Waals surface area contributed by atoms with Crippen LogP contribution >= 0.6 is 23.2 Å². The second-order valence-electron chi connectivity index (χ2n) is 11.8. The lowest BCUT2D eigenvalue weighted by molar-refractivity contribution is -0.138. The number of ether oxygens (including phenoxy) is 1. The minimum Gasteiger partial charge on any atom is -0.444 e. The summed E-state index contributed by atoms with van der Waals surface area (Å²) >= 11 is 12.6. The van der Waals surface area contributed by atoms with Crippen LogP contribution in [0.4, 0.5) is 10.5 Å². The molecule has 1 aromatic heterocycles. The predicted molar refractivity (Wildman–Crippen MR) is 159 cm³/mol. The largest absolute Gasteiger partial charge is 0.444 e. The molecule has 2 aliphatic rings. The van der Waals surface area contributed by atoms with E-state index >= 15 is 0 Å². The first-order valence-corrected chi connectivity index (χ1v) is 14.6. The van der Waals surface area contributed by atoms with Gasteiger partial charge in [-0.1, -0.05) is 29.3 Å². The number of carbonyl (C=O) groups excluding carboxylic acids is 2. The number of piperazine rings is 1. The number of amides is 2. The average Bonchev–Trinajstić information content (AvgIpc) is 3.54. The molecule has 0 radical (unpaired) electrons. The summed E-state index contributed by atoms with van der Waals surface area (Å²) in [6.45, 7) is 12.2. The van der Waals surface area contributed by atoms with E-state index in [-0.39, 0.29) is 18.0 Å². The first kappa shape index (κ1) is 28.6. The molecule has 3 heterocycles. The minimum absolute atomic E-state index is 0.00487. The molecular formula is C30H37Cl2N5O3. The maximum absolute atomic E-state index is 13.6. The molecule has 214 valence electrons. The van der Waals surface area contributed by atoms with E-state index in [1.54, 1.807) is 11.0 Å². The summed E-state index contributed by atoms with van der Waals surface area (Å²) in [5.41, 5.74) is 3.39. The maximum atomic E-state index is 13.6. The molecule has 2 unspecified atom stereocenters. The molecule has 3 atom stereocenters. The Bertz CT molecular complexity index is 1420. The zero-order valence-corrected chi connectivity index (χ0v) is 25.2. The second kappa shape index (κ2) is 11.1. The Labute approximate surface area is 245 Å². The first-order chi connectivity index (χ1) is 18.9. The molecule has 0 aliphatic carbocycles. The van der Waals surface area contributed by atoms with Crippen LogP contribution in [0.2, 0.25) is 10.0 Å². The summed E-state index contributed by atoms with van der Waals surface area (Å²) in [6.07, 6.45) is 2.91. The summed E-state index contributed by atoms with van der Waals surface area (Å²) in [4.78, 5) is 36.8. The van der Waals surface area contributed by atoms with E-state index < -0.39 is 17.7 Å². The van der Waals surface area contributed by atoms with E-state index in [9.17, 15) is 9.59 Å². The van der Waals surface area contributed by atoms with Gasteiger partial charge < -0.3 is 19.1 Å². The highest BCUT2D eigenvalue weighted by Gasteiger charge is 2.40. The Balaban J connectivity index is 1.30. The zero-order chi connectivity index (χ0) is 28.8. The average molecular weight is 587 g/mol. The van der Waals surface area contributed by atoms with Crippen LogP contribution in [-0.4, -0.2) is 75.2 Å². The molecular weight excluding hydrogens is 549 g/mol. The molecule has 2 aromatic carbocycles. The van der Waals surface area contributed by atoms with Crippen molar-refractivity contribution in [1.29, 1.82) is 0 Å². The van der Waals surface area contributed by atoms with Crippen LogP contribution in [0.25, 0.3) is 11.0 Å². The highest BCUT2D eigenvalue weighted by atomic mass is 35.5. The third-order valence-electron chi connectivity index (χ3n) is 7.83. The van der Waals surface area contributed by atoms with Crippen LogP contribution in [0, 0.1) is 0 Å². The molecule has 0 saturated carbocycles. The molecule has 2 amide bonds. The number of imidazole rings is 1. The fourth-order valence-electron chi connectivity index (χ4n) is 5.78. The molecule has 2 saturated heterocycles. The Morgan fingerprint density at radius 1 is 1.05 bits per heavy atom. The molecule has 2 fully saturated rings. The molecule has 2 aliphatic heterocycles. The van der Waals surface area contributed by atoms with Gasteiger partial charge >= 0.3 is 6.09 Å². The number of benzene rings is 2. The number of aromatic nitrogens is 2.